The maximum Gasteiger partial charge on any atom is 0.256 e. The van der Waals surface area contributed by atoms with Gasteiger partial charge in [-0.3, -0.25) is 0 Å². The second-order valence-electron chi connectivity index (χ2n) is 3.47. The Morgan fingerprint density at radius 1 is 1.12 bits per heavy atom. The van der Waals surface area contributed by atoms with Crippen LogP contribution in [0.1, 0.15) is 17.0 Å². The first-order valence-electron chi connectivity index (χ1n) is 4.69. The molecule has 6 nitrogen and oxygen atoms in total. The molecule has 0 bridgehead atoms. The van der Waals surface area contributed by atoms with Crippen molar-refractivity contribution in [3.8, 4) is 5.95 Å². The lowest BCUT2D eigenvalue weighted by molar-refractivity contribution is 0.766. The Bertz CT molecular complexity index is 527. The van der Waals surface area contributed by atoms with Crippen LogP contribution in [0.25, 0.3) is 5.95 Å². The summed E-state index contributed by atoms with van der Waals surface area (Å²) in [6.45, 7) is 5.84. The minimum atomic E-state index is 0.0627. The van der Waals surface area contributed by atoms with E-state index in [4.69, 9.17) is 17.3 Å². The number of nitrogens with zero attached hydrogens (tertiary/aromatic N) is 5. The summed E-state index contributed by atoms with van der Waals surface area (Å²) in [5, 5.41) is 4.37. The zero-order chi connectivity index (χ0) is 11.9. The quantitative estimate of drug-likeness (QED) is 0.808. The lowest BCUT2D eigenvalue weighted by atomic mass is 10.2. The van der Waals surface area contributed by atoms with Gasteiger partial charge in [0, 0.05) is 5.69 Å². The van der Waals surface area contributed by atoms with Crippen molar-refractivity contribution >= 4 is 17.5 Å². The number of rotatable bonds is 1. The van der Waals surface area contributed by atoms with Gasteiger partial charge in [-0.2, -0.15) is 20.1 Å². The van der Waals surface area contributed by atoms with Crippen LogP contribution in [0.2, 0.25) is 5.28 Å². The molecule has 2 rings (SSSR count). The monoisotopic (exact) mass is 238 g/mol. The number of aryl methyl sites for hydroxylation is 1. The molecular formula is C9H11ClN6. The Labute approximate surface area is 97.5 Å². The molecule has 0 radical (unpaired) electrons. The van der Waals surface area contributed by atoms with Gasteiger partial charge in [0.2, 0.25) is 11.2 Å². The molecule has 84 valence electrons. The zero-order valence-electron chi connectivity index (χ0n) is 9.19. The van der Waals surface area contributed by atoms with Crippen LogP contribution in [0.5, 0.6) is 0 Å². The number of nitrogen functional groups attached to an aromatic ring is 1. The van der Waals surface area contributed by atoms with Crippen molar-refractivity contribution < 1.29 is 0 Å². The van der Waals surface area contributed by atoms with Gasteiger partial charge < -0.3 is 5.73 Å². The average Bonchev–Trinajstić information content (AvgIpc) is 2.44. The van der Waals surface area contributed by atoms with Gasteiger partial charge in [-0.05, 0) is 37.9 Å². The number of halogens is 1. The molecule has 0 atom stereocenters. The number of aromatic nitrogens is 5. The lowest BCUT2D eigenvalue weighted by Gasteiger charge is -2.03. The van der Waals surface area contributed by atoms with Gasteiger partial charge in [0.25, 0.3) is 5.95 Å². The summed E-state index contributed by atoms with van der Waals surface area (Å²) in [6, 6.07) is 0. The average molecular weight is 239 g/mol. The van der Waals surface area contributed by atoms with Crippen molar-refractivity contribution in [1.82, 2.24) is 24.7 Å². The SMILES string of the molecule is Cc1nn(-c2nc(N)nc(Cl)n2)c(C)c1C. The van der Waals surface area contributed by atoms with E-state index in [0.29, 0.717) is 5.95 Å². The van der Waals surface area contributed by atoms with Gasteiger partial charge in [0.15, 0.2) is 0 Å². The predicted molar refractivity (Wildman–Crippen MR) is 60.6 cm³/mol. The second kappa shape index (κ2) is 3.71. The Hall–Kier alpha value is -1.69. The molecule has 0 aromatic carbocycles. The first kappa shape index (κ1) is 10.8. The number of hydrogen-bond donors (Lipinski definition) is 1. The standard InChI is InChI=1S/C9H11ClN6/c1-4-5(2)15-16(6(4)3)9-13-7(10)12-8(11)14-9/h1-3H3,(H2,11,12,13,14). The van der Waals surface area contributed by atoms with E-state index in [-0.39, 0.29) is 11.2 Å². The lowest BCUT2D eigenvalue weighted by Crippen LogP contribution is -2.08. The Morgan fingerprint density at radius 2 is 1.81 bits per heavy atom. The van der Waals surface area contributed by atoms with E-state index in [9.17, 15) is 0 Å². The molecule has 0 aliphatic rings. The molecule has 0 fully saturated rings. The number of hydrogen-bond acceptors (Lipinski definition) is 5. The van der Waals surface area contributed by atoms with Gasteiger partial charge in [-0.25, -0.2) is 4.68 Å². The van der Waals surface area contributed by atoms with Gasteiger partial charge in [0.05, 0.1) is 5.69 Å². The highest BCUT2D eigenvalue weighted by Gasteiger charge is 2.12. The van der Waals surface area contributed by atoms with E-state index in [1.54, 1.807) is 4.68 Å². The minimum absolute atomic E-state index is 0.0627. The fourth-order valence-corrected chi connectivity index (χ4v) is 1.53. The molecule has 0 aliphatic carbocycles. The Kier molecular flexibility index (Phi) is 2.51. The third-order valence-electron chi connectivity index (χ3n) is 2.46. The number of nitrogens with two attached hydrogens (primary N) is 1. The summed E-state index contributed by atoms with van der Waals surface area (Å²) in [4.78, 5) is 11.7. The van der Waals surface area contributed by atoms with Gasteiger partial charge in [-0.15, -0.1) is 0 Å². The normalized spacial score (nSPS) is 10.8. The van der Waals surface area contributed by atoms with Gasteiger partial charge in [0.1, 0.15) is 0 Å². The maximum atomic E-state index is 5.72. The minimum Gasteiger partial charge on any atom is -0.368 e. The molecule has 0 spiro atoms. The highest BCUT2D eigenvalue weighted by molar-refractivity contribution is 6.28. The molecule has 0 saturated carbocycles. The molecule has 0 aliphatic heterocycles. The largest absolute Gasteiger partial charge is 0.368 e. The van der Waals surface area contributed by atoms with Crippen LogP contribution < -0.4 is 5.73 Å². The molecule has 0 amide bonds. The summed E-state index contributed by atoms with van der Waals surface area (Å²) >= 11 is 5.72. The van der Waals surface area contributed by atoms with Crippen LogP contribution in [0.15, 0.2) is 0 Å². The second-order valence-corrected chi connectivity index (χ2v) is 3.81. The number of anilines is 1. The molecule has 2 heterocycles. The predicted octanol–water partition coefficient (Wildman–Crippen LogP) is 1.22. The topological polar surface area (TPSA) is 82.5 Å². The molecule has 2 N–H and O–H groups in total. The first-order chi connectivity index (χ1) is 7.49. The Balaban J connectivity index is 2.62. The van der Waals surface area contributed by atoms with E-state index in [2.05, 4.69) is 20.1 Å². The van der Waals surface area contributed by atoms with E-state index in [1.807, 2.05) is 20.8 Å². The fraction of sp³-hybridized carbons (Fsp3) is 0.333. The molecule has 0 saturated heterocycles. The van der Waals surface area contributed by atoms with Crippen molar-refractivity contribution in [3.05, 3.63) is 22.2 Å². The molecule has 0 unspecified atom stereocenters. The van der Waals surface area contributed by atoms with Crippen molar-refractivity contribution in [2.24, 2.45) is 0 Å². The molecule has 2 aromatic heterocycles. The molecule has 7 heteroatoms. The highest BCUT2D eigenvalue weighted by atomic mass is 35.5. The van der Waals surface area contributed by atoms with Crippen LogP contribution in [0, 0.1) is 20.8 Å². The van der Waals surface area contributed by atoms with Crippen molar-refractivity contribution in [2.75, 3.05) is 5.73 Å². The van der Waals surface area contributed by atoms with Crippen molar-refractivity contribution in [1.29, 1.82) is 0 Å². The fourth-order valence-electron chi connectivity index (χ4n) is 1.36. The van der Waals surface area contributed by atoms with Crippen LogP contribution >= 0.6 is 11.6 Å². The summed E-state index contributed by atoms with van der Waals surface area (Å²) in [7, 11) is 0. The van der Waals surface area contributed by atoms with Crippen molar-refractivity contribution in [2.45, 2.75) is 20.8 Å². The van der Waals surface area contributed by atoms with Crippen LogP contribution in [-0.4, -0.2) is 24.7 Å². The third kappa shape index (κ3) is 1.71. The maximum absolute atomic E-state index is 5.72. The van der Waals surface area contributed by atoms with Crippen molar-refractivity contribution in [3.63, 3.8) is 0 Å². The van der Waals surface area contributed by atoms with Crippen LogP contribution in [0.4, 0.5) is 5.95 Å². The van der Waals surface area contributed by atoms with Gasteiger partial charge in [-0.1, -0.05) is 0 Å². The van der Waals surface area contributed by atoms with E-state index >= 15 is 0 Å². The summed E-state index contributed by atoms with van der Waals surface area (Å²) in [5.74, 6) is 0.423. The highest BCUT2D eigenvalue weighted by Crippen LogP contribution is 2.15. The van der Waals surface area contributed by atoms with Gasteiger partial charge >= 0.3 is 0 Å². The summed E-state index contributed by atoms with van der Waals surface area (Å²) < 4.78 is 1.61. The van der Waals surface area contributed by atoms with Crippen LogP contribution in [-0.2, 0) is 0 Å². The first-order valence-corrected chi connectivity index (χ1v) is 5.07. The molecule has 2 aromatic rings. The smallest absolute Gasteiger partial charge is 0.256 e. The Morgan fingerprint density at radius 3 is 2.31 bits per heavy atom. The van der Waals surface area contributed by atoms with E-state index in [1.165, 1.54) is 0 Å². The summed E-state index contributed by atoms with van der Waals surface area (Å²) in [6.07, 6.45) is 0. The molecule has 16 heavy (non-hydrogen) atoms. The summed E-state index contributed by atoms with van der Waals surface area (Å²) in [5.41, 5.74) is 8.48. The van der Waals surface area contributed by atoms with E-state index in [0.717, 1.165) is 17.0 Å². The van der Waals surface area contributed by atoms with E-state index < -0.39 is 0 Å². The zero-order valence-corrected chi connectivity index (χ0v) is 9.95. The third-order valence-corrected chi connectivity index (χ3v) is 2.63. The van der Waals surface area contributed by atoms with Crippen LogP contribution in [0.3, 0.4) is 0 Å². The molecular weight excluding hydrogens is 228 g/mol.